The molecule has 24 heavy (non-hydrogen) atoms. The number of halogens is 1. The largest absolute Gasteiger partial charge is 0.496 e. The zero-order valence-corrected chi connectivity index (χ0v) is 15.0. The average Bonchev–Trinajstić information content (AvgIpc) is 2.61. The monoisotopic (exact) mass is 368 g/mol. The van der Waals surface area contributed by atoms with E-state index in [1.165, 1.54) is 14.2 Å². The second kappa shape index (κ2) is 8.45. The number of hydrogen-bond donors (Lipinski definition) is 0. The van der Waals surface area contributed by atoms with E-state index in [0.29, 0.717) is 5.30 Å². The van der Waals surface area contributed by atoms with Crippen LogP contribution in [0, 0.1) is 0 Å². The van der Waals surface area contributed by atoms with Gasteiger partial charge in [-0.1, -0.05) is 35.9 Å². The highest BCUT2D eigenvalue weighted by atomic mass is 35.5. The summed E-state index contributed by atoms with van der Waals surface area (Å²) in [6.45, 7) is 0.227. The maximum Gasteiger partial charge on any atom is 0.301 e. The summed E-state index contributed by atoms with van der Waals surface area (Å²) in [6, 6.07) is 13.1. The van der Waals surface area contributed by atoms with Crippen LogP contribution in [0.1, 0.15) is 10.4 Å². The van der Waals surface area contributed by atoms with Crippen molar-refractivity contribution in [3.8, 4) is 5.75 Å². The summed E-state index contributed by atoms with van der Waals surface area (Å²) in [7, 11) is -0.951. The summed E-state index contributed by atoms with van der Waals surface area (Å²) < 4.78 is 29.1. The van der Waals surface area contributed by atoms with E-state index >= 15 is 0 Å². The van der Waals surface area contributed by atoms with Gasteiger partial charge in [-0.05, 0) is 24.3 Å². The minimum Gasteiger partial charge on any atom is -0.496 e. The summed E-state index contributed by atoms with van der Waals surface area (Å²) in [6.07, 6.45) is 0. The quantitative estimate of drug-likeness (QED) is 0.524. The van der Waals surface area contributed by atoms with Gasteiger partial charge in [0.25, 0.3) is 5.52 Å². The van der Waals surface area contributed by atoms with E-state index in [-0.39, 0.29) is 29.5 Å². The average molecular weight is 369 g/mol. The highest BCUT2D eigenvalue weighted by Crippen LogP contribution is 2.51. The Bertz CT molecular complexity index is 748. The lowest BCUT2D eigenvalue weighted by molar-refractivity contribution is 0.103. The third-order valence-corrected chi connectivity index (χ3v) is 5.93. The molecular formula is C17H18ClO5P. The van der Waals surface area contributed by atoms with Crippen LogP contribution in [0.5, 0.6) is 5.75 Å². The molecule has 0 N–H and O–H groups in total. The van der Waals surface area contributed by atoms with Gasteiger partial charge in [-0.15, -0.1) is 0 Å². The number of methoxy groups -OCH3 is 2. The molecular weight excluding hydrogens is 351 g/mol. The van der Waals surface area contributed by atoms with E-state index in [2.05, 4.69) is 0 Å². The van der Waals surface area contributed by atoms with Gasteiger partial charge in [-0.25, -0.2) is 0 Å². The molecule has 0 fully saturated rings. The summed E-state index contributed by atoms with van der Waals surface area (Å²) in [5, 5.41) is 0.457. The molecule has 0 bridgehead atoms. The Labute approximate surface area is 145 Å². The minimum atomic E-state index is -3.86. The second-order valence-electron chi connectivity index (χ2n) is 4.84. The van der Waals surface area contributed by atoms with Crippen molar-refractivity contribution < 1.29 is 23.4 Å². The van der Waals surface area contributed by atoms with Gasteiger partial charge in [0, 0.05) is 12.4 Å². The predicted octanol–water partition coefficient (Wildman–Crippen LogP) is 3.76. The molecule has 5 nitrogen and oxygen atoms in total. The van der Waals surface area contributed by atoms with Gasteiger partial charge in [0.1, 0.15) is 5.75 Å². The fourth-order valence-corrected chi connectivity index (χ4v) is 4.39. The van der Waals surface area contributed by atoms with Crippen LogP contribution >= 0.6 is 19.0 Å². The molecule has 1 unspecified atom stereocenters. The first-order chi connectivity index (χ1) is 11.5. The molecule has 7 heteroatoms. The SMILES string of the molecule is COCCOP(=O)(C(=O)c1c(Cl)cccc1OC)c1ccccc1. The highest BCUT2D eigenvalue weighted by molar-refractivity contribution is 7.83. The smallest absolute Gasteiger partial charge is 0.301 e. The standard InChI is InChI=1S/C17H18ClO5P/c1-21-11-12-23-24(20,13-7-4-3-5-8-13)17(19)16-14(18)9-6-10-15(16)22-2/h3-10H,11-12H2,1-2H3. The van der Waals surface area contributed by atoms with Crippen LogP contribution in [0.15, 0.2) is 48.5 Å². The number of benzene rings is 2. The number of carbonyl (C=O) groups is 1. The van der Waals surface area contributed by atoms with Gasteiger partial charge in [-0.3, -0.25) is 9.36 Å². The minimum absolute atomic E-state index is 0.0151. The van der Waals surface area contributed by atoms with Gasteiger partial charge in [-0.2, -0.15) is 0 Å². The molecule has 0 heterocycles. The molecule has 0 radical (unpaired) electrons. The number of rotatable bonds is 8. The molecule has 0 aliphatic carbocycles. The third kappa shape index (κ3) is 3.87. The Hall–Kier alpha value is -1.65. The lowest BCUT2D eigenvalue weighted by atomic mass is 10.2. The Morgan fingerprint density at radius 3 is 2.38 bits per heavy atom. The van der Waals surface area contributed by atoms with Crippen molar-refractivity contribution in [1.82, 2.24) is 0 Å². The van der Waals surface area contributed by atoms with Crippen molar-refractivity contribution in [3.05, 3.63) is 59.1 Å². The van der Waals surface area contributed by atoms with Crippen LogP contribution in [0.25, 0.3) is 0 Å². The predicted molar refractivity (Wildman–Crippen MR) is 93.8 cm³/mol. The van der Waals surface area contributed by atoms with E-state index < -0.39 is 12.9 Å². The van der Waals surface area contributed by atoms with Gasteiger partial charge in [0.15, 0.2) is 0 Å². The fourth-order valence-electron chi connectivity index (χ4n) is 2.15. The molecule has 2 rings (SSSR count). The van der Waals surface area contributed by atoms with Crippen molar-refractivity contribution in [2.75, 3.05) is 27.4 Å². The van der Waals surface area contributed by atoms with Gasteiger partial charge in [0.2, 0.25) is 0 Å². The van der Waals surface area contributed by atoms with Gasteiger partial charge in [0.05, 0.1) is 30.9 Å². The topological polar surface area (TPSA) is 61.8 Å². The normalized spacial score (nSPS) is 13.3. The zero-order chi connectivity index (χ0) is 17.6. The second-order valence-corrected chi connectivity index (χ2v) is 7.53. The number of carbonyl (C=O) groups excluding carboxylic acids is 1. The van der Waals surface area contributed by atoms with E-state index in [4.69, 9.17) is 25.6 Å². The molecule has 2 aromatic carbocycles. The Balaban J connectivity index is 2.52. The van der Waals surface area contributed by atoms with Crippen LogP contribution in [0.2, 0.25) is 5.02 Å². The Morgan fingerprint density at radius 1 is 1.04 bits per heavy atom. The molecule has 0 aliphatic rings. The first-order valence-corrected chi connectivity index (χ1v) is 9.21. The highest BCUT2D eigenvalue weighted by Gasteiger charge is 2.38. The van der Waals surface area contributed by atoms with Crippen LogP contribution < -0.4 is 10.0 Å². The summed E-state index contributed by atoms with van der Waals surface area (Å²) in [5.74, 6) is 0.249. The fraction of sp³-hybridized carbons (Fsp3) is 0.235. The van der Waals surface area contributed by atoms with Gasteiger partial charge >= 0.3 is 7.37 Å². The van der Waals surface area contributed by atoms with Crippen molar-refractivity contribution in [3.63, 3.8) is 0 Å². The van der Waals surface area contributed by atoms with Crippen molar-refractivity contribution in [2.45, 2.75) is 0 Å². The molecule has 0 saturated heterocycles. The van der Waals surface area contributed by atoms with Crippen molar-refractivity contribution in [1.29, 1.82) is 0 Å². The Kier molecular flexibility index (Phi) is 6.58. The molecule has 0 amide bonds. The summed E-state index contributed by atoms with van der Waals surface area (Å²) in [4.78, 5) is 13.1. The molecule has 0 aromatic heterocycles. The number of ether oxygens (including phenoxy) is 2. The van der Waals surface area contributed by atoms with Crippen molar-refractivity contribution >= 4 is 29.8 Å². The summed E-state index contributed by atoms with van der Waals surface area (Å²) in [5.41, 5.74) is -0.654. The maximum atomic E-state index is 13.5. The van der Waals surface area contributed by atoms with Gasteiger partial charge < -0.3 is 14.0 Å². The van der Waals surface area contributed by atoms with E-state index in [0.717, 1.165) is 0 Å². The van der Waals surface area contributed by atoms with Crippen molar-refractivity contribution in [2.24, 2.45) is 0 Å². The maximum absolute atomic E-state index is 13.5. The molecule has 128 valence electrons. The van der Waals surface area contributed by atoms with Crippen LogP contribution in [-0.4, -0.2) is 33.0 Å². The van der Waals surface area contributed by atoms with Crippen LogP contribution in [0.3, 0.4) is 0 Å². The lowest BCUT2D eigenvalue weighted by Gasteiger charge is -2.19. The van der Waals surface area contributed by atoms with Crippen LogP contribution in [-0.2, 0) is 13.8 Å². The molecule has 1 atom stereocenters. The Morgan fingerprint density at radius 2 is 1.75 bits per heavy atom. The third-order valence-electron chi connectivity index (χ3n) is 3.33. The van der Waals surface area contributed by atoms with E-state index in [1.807, 2.05) is 0 Å². The first kappa shape index (κ1) is 18.7. The molecule has 0 saturated carbocycles. The molecule has 0 aliphatic heterocycles. The zero-order valence-electron chi connectivity index (χ0n) is 13.4. The van der Waals surface area contributed by atoms with E-state index in [9.17, 15) is 9.36 Å². The number of hydrogen-bond acceptors (Lipinski definition) is 5. The first-order valence-electron chi connectivity index (χ1n) is 7.21. The molecule has 2 aromatic rings. The van der Waals surface area contributed by atoms with E-state index in [1.54, 1.807) is 48.5 Å². The van der Waals surface area contributed by atoms with Crippen LogP contribution in [0.4, 0.5) is 0 Å². The summed E-state index contributed by atoms with van der Waals surface area (Å²) >= 11 is 6.16. The lowest BCUT2D eigenvalue weighted by Crippen LogP contribution is -2.18. The molecule has 0 spiro atoms.